The third-order valence-electron chi connectivity index (χ3n) is 2.60. The number of rotatable bonds is 3. The molecule has 2 aromatic heterocycles. The van der Waals surface area contributed by atoms with Crippen molar-refractivity contribution in [1.29, 1.82) is 0 Å². The molecule has 0 aliphatic heterocycles. The topological polar surface area (TPSA) is 64.7 Å². The van der Waals surface area contributed by atoms with Crippen molar-refractivity contribution >= 4 is 22.8 Å². The molecular weight excluding hydrogens is 260 g/mol. The summed E-state index contributed by atoms with van der Waals surface area (Å²) < 4.78 is 5.34. The monoisotopic (exact) mass is 272 g/mol. The van der Waals surface area contributed by atoms with Crippen molar-refractivity contribution in [1.82, 2.24) is 20.2 Å². The third kappa shape index (κ3) is 2.58. The fourth-order valence-corrected chi connectivity index (χ4v) is 2.53. The molecule has 0 aliphatic rings. The number of hydrogen-bond donors (Lipinski definition) is 0. The molecule has 0 aliphatic carbocycles. The van der Waals surface area contributed by atoms with Gasteiger partial charge >= 0.3 is 0 Å². The van der Waals surface area contributed by atoms with Crippen LogP contribution in [0.3, 0.4) is 0 Å². The zero-order valence-corrected chi connectivity index (χ0v) is 11.4. The van der Waals surface area contributed by atoms with Gasteiger partial charge in [0.1, 0.15) is 5.03 Å². The van der Waals surface area contributed by atoms with Crippen LogP contribution in [0, 0.1) is 13.8 Å². The van der Waals surface area contributed by atoms with Crippen LogP contribution in [0.25, 0.3) is 11.0 Å². The fraction of sp³-hybridized carbons (Fsp3) is 0.231. The van der Waals surface area contributed by atoms with Crippen LogP contribution >= 0.6 is 11.8 Å². The lowest BCUT2D eigenvalue weighted by Crippen LogP contribution is -1.93. The van der Waals surface area contributed by atoms with Crippen LogP contribution in [0.4, 0.5) is 0 Å². The number of aryl methyl sites for hydroxylation is 2. The molecule has 0 unspecified atom stereocenters. The highest BCUT2D eigenvalue weighted by atomic mass is 32.2. The highest BCUT2D eigenvalue weighted by molar-refractivity contribution is 7.98. The Kier molecular flexibility index (Phi) is 3.16. The van der Waals surface area contributed by atoms with E-state index in [1.54, 1.807) is 18.7 Å². The lowest BCUT2D eigenvalue weighted by molar-refractivity contribution is 0.485. The van der Waals surface area contributed by atoms with Crippen molar-refractivity contribution in [2.24, 2.45) is 0 Å². The predicted molar refractivity (Wildman–Crippen MR) is 72.9 cm³/mol. The van der Waals surface area contributed by atoms with Gasteiger partial charge in [-0.2, -0.15) is 0 Å². The van der Waals surface area contributed by atoms with Gasteiger partial charge < -0.3 is 4.42 Å². The highest BCUT2D eigenvalue weighted by Gasteiger charge is 2.08. The third-order valence-corrected chi connectivity index (χ3v) is 3.65. The Morgan fingerprint density at radius 2 is 1.79 bits per heavy atom. The van der Waals surface area contributed by atoms with Crippen molar-refractivity contribution < 1.29 is 4.42 Å². The van der Waals surface area contributed by atoms with Crippen LogP contribution in [0.5, 0.6) is 0 Å². The number of fused-ring (bicyclic) bond motifs is 1. The Labute approximate surface area is 114 Å². The minimum atomic E-state index is 0.580. The molecule has 19 heavy (non-hydrogen) atoms. The minimum Gasteiger partial charge on any atom is -0.425 e. The van der Waals surface area contributed by atoms with Gasteiger partial charge in [-0.05, 0) is 19.1 Å². The fourth-order valence-electron chi connectivity index (χ4n) is 1.73. The largest absolute Gasteiger partial charge is 0.425 e. The first-order valence-corrected chi connectivity index (χ1v) is 6.86. The maximum atomic E-state index is 5.34. The summed E-state index contributed by atoms with van der Waals surface area (Å²) in [6.07, 6.45) is 0. The second-order valence-corrected chi connectivity index (χ2v) is 5.07. The first-order chi connectivity index (χ1) is 9.22. The summed E-state index contributed by atoms with van der Waals surface area (Å²) in [7, 11) is 0. The van der Waals surface area contributed by atoms with E-state index in [1.165, 1.54) is 0 Å². The number of benzene rings is 1. The van der Waals surface area contributed by atoms with Crippen LogP contribution in [0.1, 0.15) is 17.5 Å². The summed E-state index contributed by atoms with van der Waals surface area (Å²) in [5, 5.41) is 8.67. The van der Waals surface area contributed by atoms with Gasteiger partial charge in [0, 0.05) is 6.92 Å². The van der Waals surface area contributed by atoms with E-state index in [9.17, 15) is 0 Å². The number of para-hydroxylation sites is 2. The SMILES string of the molecule is Cc1nnc(CSc2nc3ccccc3nc2C)o1. The summed E-state index contributed by atoms with van der Waals surface area (Å²) >= 11 is 1.56. The van der Waals surface area contributed by atoms with Crippen LogP contribution in [0.15, 0.2) is 33.7 Å². The van der Waals surface area contributed by atoms with Crippen molar-refractivity contribution in [3.05, 3.63) is 41.7 Å². The summed E-state index contributed by atoms with van der Waals surface area (Å²) in [6.45, 7) is 3.74. The predicted octanol–water partition coefficient (Wildman–Crippen LogP) is 2.92. The molecule has 5 nitrogen and oxygen atoms in total. The molecular formula is C13H12N4OS. The van der Waals surface area contributed by atoms with Crippen molar-refractivity contribution in [3.8, 4) is 0 Å². The van der Waals surface area contributed by atoms with Gasteiger partial charge in [0.05, 0.1) is 22.5 Å². The zero-order chi connectivity index (χ0) is 13.2. The van der Waals surface area contributed by atoms with Gasteiger partial charge in [-0.25, -0.2) is 9.97 Å². The number of nitrogens with zero attached hydrogens (tertiary/aromatic N) is 4. The quantitative estimate of drug-likeness (QED) is 0.683. The van der Waals surface area contributed by atoms with E-state index in [1.807, 2.05) is 31.2 Å². The van der Waals surface area contributed by atoms with Crippen molar-refractivity contribution in [2.75, 3.05) is 0 Å². The van der Waals surface area contributed by atoms with E-state index in [4.69, 9.17) is 4.42 Å². The smallest absolute Gasteiger partial charge is 0.226 e. The zero-order valence-electron chi connectivity index (χ0n) is 10.6. The minimum absolute atomic E-state index is 0.580. The number of hydrogen-bond acceptors (Lipinski definition) is 6. The van der Waals surface area contributed by atoms with E-state index < -0.39 is 0 Å². The Bertz CT molecular complexity index is 725. The maximum Gasteiger partial charge on any atom is 0.226 e. The molecule has 0 bridgehead atoms. The standard InChI is InChI=1S/C13H12N4OS/c1-8-13(19-7-12-17-16-9(2)18-12)15-11-6-4-3-5-10(11)14-8/h3-6H,7H2,1-2H3. The molecule has 6 heteroatoms. The lowest BCUT2D eigenvalue weighted by Gasteiger charge is -2.04. The number of aromatic nitrogens is 4. The molecule has 0 fully saturated rings. The van der Waals surface area contributed by atoms with Crippen LogP contribution in [-0.2, 0) is 5.75 Å². The average molecular weight is 272 g/mol. The molecule has 0 amide bonds. The molecule has 0 N–H and O–H groups in total. The summed E-state index contributed by atoms with van der Waals surface area (Å²) in [6, 6.07) is 7.85. The van der Waals surface area contributed by atoms with Gasteiger partial charge in [-0.1, -0.05) is 23.9 Å². The summed E-state index contributed by atoms with van der Waals surface area (Å²) in [5.41, 5.74) is 2.73. The molecule has 96 valence electrons. The summed E-state index contributed by atoms with van der Waals surface area (Å²) in [4.78, 5) is 9.15. The van der Waals surface area contributed by atoms with Gasteiger partial charge in [0.2, 0.25) is 11.8 Å². The van der Waals surface area contributed by atoms with Gasteiger partial charge in [-0.3, -0.25) is 0 Å². The Morgan fingerprint density at radius 1 is 1.05 bits per heavy atom. The second-order valence-electron chi connectivity index (χ2n) is 4.11. The Hall–Kier alpha value is -1.95. The average Bonchev–Trinajstić information content (AvgIpc) is 2.82. The van der Waals surface area contributed by atoms with Crippen LogP contribution < -0.4 is 0 Å². The molecule has 0 atom stereocenters. The van der Waals surface area contributed by atoms with Crippen LogP contribution in [-0.4, -0.2) is 20.2 Å². The molecule has 0 spiro atoms. The first-order valence-electron chi connectivity index (χ1n) is 5.87. The molecule has 0 saturated heterocycles. The van der Waals surface area contributed by atoms with E-state index in [2.05, 4.69) is 20.2 Å². The van der Waals surface area contributed by atoms with E-state index >= 15 is 0 Å². The molecule has 0 radical (unpaired) electrons. The van der Waals surface area contributed by atoms with Gasteiger partial charge in [-0.15, -0.1) is 10.2 Å². The molecule has 2 heterocycles. The lowest BCUT2D eigenvalue weighted by atomic mass is 10.3. The van der Waals surface area contributed by atoms with Crippen molar-refractivity contribution in [3.63, 3.8) is 0 Å². The van der Waals surface area contributed by atoms with E-state index in [-0.39, 0.29) is 0 Å². The Balaban J connectivity index is 1.86. The van der Waals surface area contributed by atoms with E-state index in [0.29, 0.717) is 17.5 Å². The Morgan fingerprint density at radius 3 is 2.47 bits per heavy atom. The normalized spacial score (nSPS) is 11.1. The van der Waals surface area contributed by atoms with E-state index in [0.717, 1.165) is 21.8 Å². The maximum absolute atomic E-state index is 5.34. The molecule has 3 aromatic rings. The van der Waals surface area contributed by atoms with Gasteiger partial charge in [0.25, 0.3) is 0 Å². The second kappa shape index (κ2) is 4.97. The first kappa shape index (κ1) is 12.1. The number of thioether (sulfide) groups is 1. The van der Waals surface area contributed by atoms with Gasteiger partial charge in [0.15, 0.2) is 0 Å². The molecule has 0 saturated carbocycles. The molecule has 3 rings (SSSR count). The molecule has 1 aromatic carbocycles. The summed E-state index contributed by atoms with van der Waals surface area (Å²) in [5.74, 6) is 1.79. The highest BCUT2D eigenvalue weighted by Crippen LogP contribution is 2.24. The van der Waals surface area contributed by atoms with Crippen LogP contribution in [0.2, 0.25) is 0 Å². The van der Waals surface area contributed by atoms with Crippen molar-refractivity contribution in [2.45, 2.75) is 24.6 Å².